The summed E-state index contributed by atoms with van der Waals surface area (Å²) in [5, 5.41) is 9.64. The predicted molar refractivity (Wildman–Crippen MR) is 53.1 cm³/mol. The van der Waals surface area contributed by atoms with Crippen molar-refractivity contribution in [1.29, 1.82) is 0 Å². The third-order valence-electron chi connectivity index (χ3n) is 1.80. The molecule has 0 saturated carbocycles. The molecule has 0 fully saturated rings. The van der Waals surface area contributed by atoms with Crippen molar-refractivity contribution in [1.82, 2.24) is 10.2 Å². The van der Waals surface area contributed by atoms with E-state index in [1.165, 1.54) is 6.07 Å². The highest BCUT2D eigenvalue weighted by atomic mass is 19.1. The Hall–Kier alpha value is -2.11. The van der Waals surface area contributed by atoms with Crippen LogP contribution in [-0.2, 0) is 0 Å². The van der Waals surface area contributed by atoms with Gasteiger partial charge in [0.1, 0.15) is 5.82 Å². The average molecular weight is 208 g/mol. The van der Waals surface area contributed by atoms with Crippen molar-refractivity contribution in [2.24, 2.45) is 0 Å². The number of nitrogens with two attached hydrogens (primary N) is 1. The van der Waals surface area contributed by atoms with Gasteiger partial charge in [0.25, 0.3) is 0 Å². The highest BCUT2D eigenvalue weighted by Gasteiger charge is 2.06. The van der Waals surface area contributed by atoms with E-state index in [0.717, 1.165) is 5.56 Å². The van der Waals surface area contributed by atoms with Crippen LogP contribution in [0.3, 0.4) is 0 Å². The second kappa shape index (κ2) is 3.56. The van der Waals surface area contributed by atoms with Gasteiger partial charge in [-0.15, -0.1) is 0 Å². The van der Waals surface area contributed by atoms with E-state index >= 15 is 0 Å². The van der Waals surface area contributed by atoms with Crippen LogP contribution >= 0.6 is 0 Å². The van der Waals surface area contributed by atoms with Gasteiger partial charge in [0.05, 0.1) is 5.69 Å². The van der Waals surface area contributed by atoms with Gasteiger partial charge >= 0.3 is 12.0 Å². The number of rotatable bonds is 2. The van der Waals surface area contributed by atoms with Crippen molar-refractivity contribution in [3.05, 3.63) is 29.6 Å². The van der Waals surface area contributed by atoms with Gasteiger partial charge in [0.2, 0.25) is 0 Å². The number of nitrogens with one attached hydrogen (secondary N) is 1. The van der Waals surface area contributed by atoms with Crippen molar-refractivity contribution >= 4 is 17.7 Å². The smallest absolute Gasteiger partial charge is 0.321 e. The summed E-state index contributed by atoms with van der Waals surface area (Å²) in [5.74, 6) is -0.391. The van der Waals surface area contributed by atoms with Gasteiger partial charge in [-0.25, -0.2) is 4.39 Å². The molecule has 78 valence electrons. The van der Waals surface area contributed by atoms with Crippen LogP contribution in [0.15, 0.2) is 22.6 Å². The fourth-order valence-corrected chi connectivity index (χ4v) is 1.14. The Morgan fingerprint density at radius 1 is 1.40 bits per heavy atom. The zero-order valence-electron chi connectivity index (χ0n) is 7.99. The summed E-state index contributed by atoms with van der Waals surface area (Å²) in [6, 6.07) is 4.66. The van der Waals surface area contributed by atoms with Gasteiger partial charge in [0, 0.05) is 0 Å². The lowest BCUT2D eigenvalue weighted by Crippen LogP contribution is -1.94. The molecule has 0 aliphatic rings. The molecule has 1 aromatic carbocycles. The van der Waals surface area contributed by atoms with Crippen LogP contribution < -0.4 is 11.1 Å². The van der Waals surface area contributed by atoms with E-state index in [2.05, 4.69) is 15.5 Å². The third-order valence-corrected chi connectivity index (χ3v) is 1.80. The molecule has 2 aromatic rings. The van der Waals surface area contributed by atoms with Crippen LogP contribution in [0.2, 0.25) is 0 Å². The molecular formula is C9H9FN4O. The number of aromatic nitrogens is 2. The molecule has 0 bridgehead atoms. The first-order chi connectivity index (χ1) is 7.15. The van der Waals surface area contributed by atoms with Gasteiger partial charge in [0.15, 0.2) is 0 Å². The Balaban J connectivity index is 2.27. The van der Waals surface area contributed by atoms with E-state index in [1.54, 1.807) is 12.1 Å². The first kappa shape index (κ1) is 9.45. The summed E-state index contributed by atoms with van der Waals surface area (Å²) in [5.41, 5.74) is 6.43. The van der Waals surface area contributed by atoms with Crippen molar-refractivity contribution in [3.8, 4) is 0 Å². The summed E-state index contributed by atoms with van der Waals surface area (Å²) in [7, 11) is 0. The van der Waals surface area contributed by atoms with Crippen molar-refractivity contribution in [2.75, 3.05) is 11.1 Å². The minimum Gasteiger partial charge on any atom is -0.389 e. The highest BCUT2D eigenvalue weighted by molar-refractivity contribution is 5.54. The molecular weight excluding hydrogens is 199 g/mol. The van der Waals surface area contributed by atoms with Crippen LogP contribution in [0, 0.1) is 12.7 Å². The van der Waals surface area contributed by atoms with E-state index in [4.69, 9.17) is 10.2 Å². The maximum absolute atomic E-state index is 13.3. The molecule has 1 aromatic heterocycles. The van der Waals surface area contributed by atoms with E-state index in [-0.39, 0.29) is 17.7 Å². The van der Waals surface area contributed by atoms with Crippen LogP contribution in [0.5, 0.6) is 0 Å². The van der Waals surface area contributed by atoms with Crippen LogP contribution in [0.4, 0.5) is 22.1 Å². The van der Waals surface area contributed by atoms with Crippen molar-refractivity contribution in [2.45, 2.75) is 6.92 Å². The number of halogens is 1. The summed E-state index contributed by atoms with van der Waals surface area (Å²) >= 11 is 0. The van der Waals surface area contributed by atoms with Gasteiger partial charge in [-0.2, -0.15) is 0 Å². The maximum Gasteiger partial charge on any atom is 0.321 e. The van der Waals surface area contributed by atoms with Crippen LogP contribution in [-0.4, -0.2) is 10.2 Å². The largest absolute Gasteiger partial charge is 0.389 e. The molecule has 1 heterocycles. The standard InChI is InChI=1S/C9H9FN4O/c1-5-2-3-6(10)7(4-5)12-9-14-13-8(11)15-9/h2-4H,1H3,(H2,11,13)(H,12,14). The topological polar surface area (TPSA) is 77.0 Å². The van der Waals surface area contributed by atoms with Crippen LogP contribution in [0.1, 0.15) is 5.56 Å². The second-order valence-electron chi connectivity index (χ2n) is 3.05. The average Bonchev–Trinajstić information content (AvgIpc) is 2.58. The highest BCUT2D eigenvalue weighted by Crippen LogP contribution is 2.20. The molecule has 0 amide bonds. The lowest BCUT2D eigenvalue weighted by atomic mass is 10.2. The predicted octanol–water partition coefficient (Wildman–Crippen LogP) is 1.84. The lowest BCUT2D eigenvalue weighted by molar-refractivity contribution is 0.589. The first-order valence-electron chi connectivity index (χ1n) is 4.27. The quantitative estimate of drug-likeness (QED) is 0.787. The molecule has 2 rings (SSSR count). The molecule has 0 unspecified atom stereocenters. The molecule has 6 heteroatoms. The monoisotopic (exact) mass is 208 g/mol. The van der Waals surface area contributed by atoms with Gasteiger partial charge in [-0.3, -0.25) is 0 Å². The number of benzene rings is 1. The van der Waals surface area contributed by atoms with Crippen molar-refractivity contribution < 1.29 is 8.81 Å². The SMILES string of the molecule is Cc1ccc(F)c(Nc2nnc(N)o2)c1. The summed E-state index contributed by atoms with van der Waals surface area (Å²) in [6.45, 7) is 1.85. The number of hydrogen-bond acceptors (Lipinski definition) is 5. The molecule has 5 nitrogen and oxygen atoms in total. The van der Waals surface area contributed by atoms with E-state index in [9.17, 15) is 4.39 Å². The Kier molecular flexibility index (Phi) is 2.24. The molecule has 0 aliphatic carbocycles. The minimum absolute atomic E-state index is 0.0643. The Morgan fingerprint density at radius 2 is 2.20 bits per heavy atom. The molecule has 0 saturated heterocycles. The third kappa shape index (κ3) is 2.04. The fraction of sp³-hybridized carbons (Fsp3) is 0.111. The number of nitrogens with zero attached hydrogens (tertiary/aromatic N) is 2. The fourth-order valence-electron chi connectivity index (χ4n) is 1.14. The first-order valence-corrected chi connectivity index (χ1v) is 4.27. The molecule has 0 atom stereocenters. The summed E-state index contributed by atoms with van der Waals surface area (Å²) in [4.78, 5) is 0. The van der Waals surface area contributed by atoms with E-state index in [1.807, 2.05) is 6.92 Å². The molecule has 3 N–H and O–H groups in total. The van der Waals surface area contributed by atoms with Gasteiger partial charge < -0.3 is 15.5 Å². The van der Waals surface area contributed by atoms with Gasteiger partial charge in [-0.1, -0.05) is 16.3 Å². The molecule has 0 spiro atoms. The molecule has 0 aliphatic heterocycles. The second-order valence-corrected chi connectivity index (χ2v) is 3.05. The van der Waals surface area contributed by atoms with E-state index < -0.39 is 5.82 Å². The normalized spacial score (nSPS) is 10.3. The minimum atomic E-state index is -0.391. The number of anilines is 3. The molecule has 0 radical (unpaired) electrons. The zero-order chi connectivity index (χ0) is 10.8. The molecule has 15 heavy (non-hydrogen) atoms. The number of nitrogen functional groups attached to an aromatic ring is 1. The zero-order valence-corrected chi connectivity index (χ0v) is 7.99. The van der Waals surface area contributed by atoms with Gasteiger partial charge in [-0.05, 0) is 24.6 Å². The number of hydrogen-bond donors (Lipinski definition) is 2. The Morgan fingerprint density at radius 3 is 2.87 bits per heavy atom. The Labute approximate surface area is 85.1 Å². The summed E-state index contributed by atoms with van der Waals surface area (Å²) < 4.78 is 18.1. The maximum atomic E-state index is 13.3. The van der Waals surface area contributed by atoms with Crippen molar-refractivity contribution in [3.63, 3.8) is 0 Å². The Bertz CT molecular complexity index is 483. The van der Waals surface area contributed by atoms with E-state index in [0.29, 0.717) is 0 Å². The lowest BCUT2D eigenvalue weighted by Gasteiger charge is -2.03. The number of aryl methyl sites for hydroxylation is 1. The van der Waals surface area contributed by atoms with Crippen LogP contribution in [0.25, 0.3) is 0 Å². The summed E-state index contributed by atoms with van der Waals surface area (Å²) in [6.07, 6.45) is 0.